The average molecular weight is 360 g/mol. The van der Waals surface area contributed by atoms with E-state index in [9.17, 15) is 4.79 Å². The SMILES string of the molecule is Cc1ccc(CC(=O)NCc2cccc(COCc3ccccc3)c2)cn1. The minimum Gasteiger partial charge on any atom is -0.372 e. The maximum absolute atomic E-state index is 12.1. The maximum Gasteiger partial charge on any atom is 0.224 e. The van der Waals surface area contributed by atoms with Gasteiger partial charge in [-0.25, -0.2) is 0 Å². The summed E-state index contributed by atoms with van der Waals surface area (Å²) >= 11 is 0. The van der Waals surface area contributed by atoms with Gasteiger partial charge >= 0.3 is 0 Å². The molecule has 0 aliphatic rings. The van der Waals surface area contributed by atoms with E-state index in [1.807, 2.05) is 55.5 Å². The zero-order valence-electron chi connectivity index (χ0n) is 15.5. The number of ether oxygens (including phenoxy) is 1. The van der Waals surface area contributed by atoms with Crippen molar-refractivity contribution in [3.63, 3.8) is 0 Å². The van der Waals surface area contributed by atoms with Crippen LogP contribution in [0.2, 0.25) is 0 Å². The number of carbonyl (C=O) groups excluding carboxylic acids is 1. The molecule has 4 nitrogen and oxygen atoms in total. The maximum atomic E-state index is 12.1. The van der Waals surface area contributed by atoms with Crippen LogP contribution in [0.3, 0.4) is 0 Å². The Morgan fingerprint density at radius 2 is 1.63 bits per heavy atom. The van der Waals surface area contributed by atoms with E-state index in [1.54, 1.807) is 6.20 Å². The standard InChI is InChI=1S/C23H24N2O2/c1-18-10-11-21(14-24-18)13-23(26)25-15-20-8-5-9-22(12-20)17-27-16-19-6-3-2-4-7-19/h2-12,14H,13,15-17H2,1H3,(H,25,26). The molecule has 4 heteroatoms. The molecule has 0 radical (unpaired) electrons. The zero-order valence-corrected chi connectivity index (χ0v) is 15.5. The number of carbonyl (C=O) groups is 1. The number of nitrogens with zero attached hydrogens (tertiary/aromatic N) is 1. The van der Waals surface area contributed by atoms with E-state index in [1.165, 1.54) is 0 Å². The predicted octanol–water partition coefficient (Wildman–Crippen LogP) is 3.97. The Hall–Kier alpha value is -2.98. The summed E-state index contributed by atoms with van der Waals surface area (Å²) in [5.41, 5.74) is 5.18. The molecule has 3 aromatic rings. The third-order valence-corrected chi connectivity index (χ3v) is 4.20. The van der Waals surface area contributed by atoms with Gasteiger partial charge in [-0.05, 0) is 35.2 Å². The molecule has 1 N–H and O–H groups in total. The van der Waals surface area contributed by atoms with Gasteiger partial charge in [-0.1, -0.05) is 60.7 Å². The van der Waals surface area contributed by atoms with Crippen molar-refractivity contribution >= 4 is 5.91 Å². The number of hydrogen-bond acceptors (Lipinski definition) is 3. The Bertz CT molecular complexity index is 861. The molecule has 0 fully saturated rings. The lowest BCUT2D eigenvalue weighted by atomic mass is 10.1. The number of rotatable bonds is 8. The normalized spacial score (nSPS) is 10.6. The summed E-state index contributed by atoms with van der Waals surface area (Å²) < 4.78 is 5.78. The lowest BCUT2D eigenvalue weighted by Gasteiger charge is -2.09. The van der Waals surface area contributed by atoms with Crippen LogP contribution in [0.5, 0.6) is 0 Å². The Morgan fingerprint density at radius 3 is 2.41 bits per heavy atom. The Balaban J connectivity index is 1.45. The Morgan fingerprint density at radius 1 is 0.889 bits per heavy atom. The van der Waals surface area contributed by atoms with Crippen LogP contribution in [0, 0.1) is 6.92 Å². The van der Waals surface area contributed by atoms with Gasteiger partial charge in [0.25, 0.3) is 0 Å². The summed E-state index contributed by atoms with van der Waals surface area (Å²) in [5, 5.41) is 2.96. The van der Waals surface area contributed by atoms with Crippen molar-refractivity contribution < 1.29 is 9.53 Å². The second kappa shape index (κ2) is 9.64. The molecule has 0 atom stereocenters. The number of benzene rings is 2. The van der Waals surface area contributed by atoms with Gasteiger partial charge < -0.3 is 10.1 Å². The van der Waals surface area contributed by atoms with Crippen LogP contribution in [0.15, 0.2) is 72.9 Å². The van der Waals surface area contributed by atoms with Crippen molar-refractivity contribution in [1.82, 2.24) is 10.3 Å². The van der Waals surface area contributed by atoms with Gasteiger partial charge in [0.15, 0.2) is 0 Å². The molecule has 0 aliphatic heterocycles. The average Bonchev–Trinajstić information content (AvgIpc) is 2.69. The van der Waals surface area contributed by atoms with E-state index in [0.29, 0.717) is 26.2 Å². The molecule has 138 valence electrons. The summed E-state index contributed by atoms with van der Waals surface area (Å²) in [6.07, 6.45) is 2.09. The number of pyridine rings is 1. The van der Waals surface area contributed by atoms with Crippen LogP contribution in [0.4, 0.5) is 0 Å². The van der Waals surface area contributed by atoms with Gasteiger partial charge in [-0.3, -0.25) is 9.78 Å². The van der Waals surface area contributed by atoms with Crippen LogP contribution in [0.25, 0.3) is 0 Å². The smallest absolute Gasteiger partial charge is 0.224 e. The third-order valence-electron chi connectivity index (χ3n) is 4.20. The molecule has 0 spiro atoms. The van der Waals surface area contributed by atoms with Crippen LogP contribution >= 0.6 is 0 Å². The van der Waals surface area contributed by atoms with E-state index in [2.05, 4.69) is 28.5 Å². The monoisotopic (exact) mass is 360 g/mol. The number of hydrogen-bond donors (Lipinski definition) is 1. The first-order valence-electron chi connectivity index (χ1n) is 9.07. The molecule has 0 saturated carbocycles. The van der Waals surface area contributed by atoms with Gasteiger partial charge in [0.05, 0.1) is 19.6 Å². The van der Waals surface area contributed by atoms with Crippen molar-refractivity contribution in [1.29, 1.82) is 0 Å². The summed E-state index contributed by atoms with van der Waals surface area (Å²) in [7, 11) is 0. The molecular weight excluding hydrogens is 336 g/mol. The lowest BCUT2D eigenvalue weighted by Crippen LogP contribution is -2.24. The lowest BCUT2D eigenvalue weighted by molar-refractivity contribution is -0.120. The second-order valence-corrected chi connectivity index (χ2v) is 6.56. The highest BCUT2D eigenvalue weighted by Crippen LogP contribution is 2.09. The fourth-order valence-corrected chi connectivity index (χ4v) is 2.74. The number of aryl methyl sites for hydroxylation is 1. The fraction of sp³-hybridized carbons (Fsp3) is 0.217. The van der Waals surface area contributed by atoms with Crippen LogP contribution in [-0.4, -0.2) is 10.9 Å². The molecule has 2 aromatic carbocycles. The highest BCUT2D eigenvalue weighted by molar-refractivity contribution is 5.78. The van der Waals surface area contributed by atoms with Crippen molar-refractivity contribution in [2.24, 2.45) is 0 Å². The van der Waals surface area contributed by atoms with Gasteiger partial charge in [-0.2, -0.15) is 0 Å². The van der Waals surface area contributed by atoms with Crippen molar-refractivity contribution in [2.45, 2.75) is 33.1 Å². The van der Waals surface area contributed by atoms with Gasteiger partial charge in [0, 0.05) is 18.4 Å². The summed E-state index contributed by atoms with van der Waals surface area (Å²) in [5.74, 6) is -0.00798. The summed E-state index contributed by atoms with van der Waals surface area (Å²) in [6, 6.07) is 22.1. The predicted molar refractivity (Wildman–Crippen MR) is 106 cm³/mol. The number of aromatic nitrogens is 1. The minimum atomic E-state index is -0.00798. The molecule has 27 heavy (non-hydrogen) atoms. The highest BCUT2D eigenvalue weighted by atomic mass is 16.5. The molecular formula is C23H24N2O2. The molecule has 0 saturated heterocycles. The van der Waals surface area contributed by atoms with Gasteiger partial charge in [-0.15, -0.1) is 0 Å². The molecule has 0 unspecified atom stereocenters. The first-order valence-corrected chi connectivity index (χ1v) is 9.07. The first kappa shape index (κ1) is 18.8. The van der Waals surface area contributed by atoms with Crippen molar-refractivity contribution in [3.05, 3.63) is 101 Å². The summed E-state index contributed by atoms with van der Waals surface area (Å²) in [6.45, 7) is 3.57. The van der Waals surface area contributed by atoms with Crippen LogP contribution in [-0.2, 0) is 35.7 Å². The highest BCUT2D eigenvalue weighted by Gasteiger charge is 2.04. The third kappa shape index (κ3) is 6.35. The quantitative estimate of drug-likeness (QED) is 0.661. The number of nitrogens with one attached hydrogen (secondary N) is 1. The molecule has 0 bridgehead atoms. The molecule has 1 heterocycles. The van der Waals surface area contributed by atoms with E-state index in [0.717, 1.165) is 27.9 Å². The largest absolute Gasteiger partial charge is 0.372 e. The van der Waals surface area contributed by atoms with E-state index < -0.39 is 0 Å². The fourth-order valence-electron chi connectivity index (χ4n) is 2.74. The molecule has 0 aliphatic carbocycles. The Labute approximate surface area is 160 Å². The summed E-state index contributed by atoms with van der Waals surface area (Å²) in [4.78, 5) is 16.3. The van der Waals surface area contributed by atoms with Crippen LogP contribution in [0.1, 0.15) is 27.9 Å². The molecule has 1 aromatic heterocycles. The topological polar surface area (TPSA) is 51.2 Å². The first-order chi connectivity index (χ1) is 13.2. The van der Waals surface area contributed by atoms with Crippen molar-refractivity contribution in [3.8, 4) is 0 Å². The number of amides is 1. The molecule has 3 rings (SSSR count). The van der Waals surface area contributed by atoms with Gasteiger partial charge in [0.1, 0.15) is 0 Å². The van der Waals surface area contributed by atoms with E-state index in [4.69, 9.17) is 4.74 Å². The second-order valence-electron chi connectivity index (χ2n) is 6.56. The zero-order chi connectivity index (χ0) is 18.9. The van der Waals surface area contributed by atoms with Crippen molar-refractivity contribution in [2.75, 3.05) is 0 Å². The minimum absolute atomic E-state index is 0.00798. The van der Waals surface area contributed by atoms with E-state index >= 15 is 0 Å². The van der Waals surface area contributed by atoms with Gasteiger partial charge in [0.2, 0.25) is 5.91 Å². The van der Waals surface area contributed by atoms with Crippen LogP contribution < -0.4 is 5.32 Å². The Kier molecular flexibility index (Phi) is 6.72. The van der Waals surface area contributed by atoms with E-state index in [-0.39, 0.29) is 5.91 Å². The molecule has 1 amide bonds.